The lowest BCUT2D eigenvalue weighted by Crippen LogP contribution is -2.32. The summed E-state index contributed by atoms with van der Waals surface area (Å²) in [5, 5.41) is 3.06. The summed E-state index contributed by atoms with van der Waals surface area (Å²) in [6.45, 7) is 2.52. The highest BCUT2D eigenvalue weighted by Crippen LogP contribution is 2.24. The lowest BCUT2D eigenvalue weighted by atomic mass is 9.99. The van der Waals surface area contributed by atoms with Crippen LogP contribution in [0.2, 0.25) is 0 Å². The van der Waals surface area contributed by atoms with Crippen LogP contribution in [0.3, 0.4) is 0 Å². The Hall–Kier alpha value is -1.17. The molecule has 0 saturated carbocycles. The van der Waals surface area contributed by atoms with Gasteiger partial charge in [-0.25, -0.2) is 8.78 Å². The molecule has 1 unspecified atom stereocenters. The van der Waals surface area contributed by atoms with Crippen LogP contribution in [0.5, 0.6) is 0 Å². The Labute approximate surface area is 121 Å². The molecule has 120 valence electrons. The van der Waals surface area contributed by atoms with Crippen molar-refractivity contribution in [3.05, 3.63) is 35.4 Å². The van der Waals surface area contributed by atoms with Gasteiger partial charge in [0.25, 0.3) is 0 Å². The van der Waals surface area contributed by atoms with Crippen LogP contribution in [-0.2, 0) is 6.42 Å². The summed E-state index contributed by atoms with van der Waals surface area (Å²) in [6.07, 6.45) is -4.05. The quantitative estimate of drug-likeness (QED) is 0.692. The molecule has 0 spiro atoms. The minimum atomic E-state index is -4.20. The van der Waals surface area contributed by atoms with Crippen LogP contribution in [0, 0.1) is 11.6 Å². The van der Waals surface area contributed by atoms with Crippen LogP contribution in [0.1, 0.15) is 38.2 Å². The van der Waals surface area contributed by atoms with Gasteiger partial charge in [0.1, 0.15) is 11.6 Å². The molecule has 6 heteroatoms. The van der Waals surface area contributed by atoms with Crippen molar-refractivity contribution in [2.24, 2.45) is 0 Å². The third-order valence-electron chi connectivity index (χ3n) is 3.21. The average molecular weight is 309 g/mol. The number of nitrogens with one attached hydrogen (secondary N) is 1. The van der Waals surface area contributed by atoms with E-state index < -0.39 is 24.2 Å². The molecule has 1 N–H and O–H groups in total. The van der Waals surface area contributed by atoms with Gasteiger partial charge >= 0.3 is 6.18 Å². The minimum absolute atomic E-state index is 0.0519. The number of alkyl halides is 3. The SMILES string of the molecule is CCCNC(CCCC(F)(F)F)Cc1c(F)cccc1F. The predicted octanol–water partition coefficient (Wildman–Crippen LogP) is 4.61. The second-order valence-electron chi connectivity index (χ2n) is 5.06. The summed E-state index contributed by atoms with van der Waals surface area (Å²) in [6, 6.07) is 3.22. The maximum absolute atomic E-state index is 13.6. The van der Waals surface area contributed by atoms with E-state index in [1.165, 1.54) is 6.07 Å². The first kappa shape index (κ1) is 17.9. The van der Waals surface area contributed by atoms with Gasteiger partial charge in [-0.3, -0.25) is 0 Å². The Bertz CT molecular complexity index is 410. The molecule has 1 aromatic rings. The van der Waals surface area contributed by atoms with Crippen LogP contribution in [0.4, 0.5) is 22.0 Å². The van der Waals surface area contributed by atoms with Crippen molar-refractivity contribution in [2.45, 2.75) is 51.2 Å². The molecule has 1 aromatic carbocycles. The highest BCUT2D eigenvalue weighted by atomic mass is 19.4. The molecule has 1 atom stereocenters. The Morgan fingerprint density at radius 3 is 2.29 bits per heavy atom. The number of rotatable bonds is 8. The van der Waals surface area contributed by atoms with E-state index in [-0.39, 0.29) is 30.9 Å². The van der Waals surface area contributed by atoms with Crippen LogP contribution in [0.15, 0.2) is 18.2 Å². The third-order valence-corrected chi connectivity index (χ3v) is 3.21. The molecule has 0 aliphatic carbocycles. The summed E-state index contributed by atoms with van der Waals surface area (Å²) < 4.78 is 63.7. The van der Waals surface area contributed by atoms with E-state index in [4.69, 9.17) is 0 Å². The van der Waals surface area contributed by atoms with Crippen LogP contribution in [0.25, 0.3) is 0 Å². The largest absolute Gasteiger partial charge is 0.389 e. The zero-order valence-electron chi connectivity index (χ0n) is 11.9. The van der Waals surface area contributed by atoms with Crippen molar-refractivity contribution in [3.8, 4) is 0 Å². The van der Waals surface area contributed by atoms with E-state index in [9.17, 15) is 22.0 Å². The summed E-state index contributed by atoms with van der Waals surface area (Å²) in [4.78, 5) is 0. The molecule has 0 saturated heterocycles. The molecule has 0 fully saturated rings. The fourth-order valence-electron chi connectivity index (χ4n) is 2.15. The normalized spacial score (nSPS) is 13.4. The van der Waals surface area contributed by atoms with E-state index in [0.29, 0.717) is 6.54 Å². The Morgan fingerprint density at radius 2 is 1.76 bits per heavy atom. The standard InChI is InChI=1S/C15H20F5N/c1-2-9-21-11(5-4-8-15(18,19)20)10-12-13(16)6-3-7-14(12)17/h3,6-7,11,21H,2,4-5,8-10H2,1H3. The second-order valence-corrected chi connectivity index (χ2v) is 5.06. The van der Waals surface area contributed by atoms with Crippen molar-refractivity contribution in [2.75, 3.05) is 6.54 Å². The van der Waals surface area contributed by atoms with Gasteiger partial charge in [0.05, 0.1) is 0 Å². The monoisotopic (exact) mass is 309 g/mol. The van der Waals surface area contributed by atoms with Crippen molar-refractivity contribution >= 4 is 0 Å². The molecular weight excluding hydrogens is 289 g/mol. The van der Waals surface area contributed by atoms with E-state index in [1.807, 2.05) is 6.92 Å². The summed E-state index contributed by atoms with van der Waals surface area (Å²) in [5.41, 5.74) is -0.0712. The number of benzene rings is 1. The highest BCUT2D eigenvalue weighted by Gasteiger charge is 2.27. The fraction of sp³-hybridized carbons (Fsp3) is 0.600. The second kappa shape index (κ2) is 8.32. The smallest absolute Gasteiger partial charge is 0.314 e. The lowest BCUT2D eigenvalue weighted by Gasteiger charge is -2.19. The molecule has 0 aromatic heterocycles. The Kier molecular flexibility index (Phi) is 7.08. The topological polar surface area (TPSA) is 12.0 Å². The summed E-state index contributed by atoms with van der Waals surface area (Å²) in [7, 11) is 0. The molecule has 0 heterocycles. The number of halogens is 5. The molecule has 0 aliphatic heterocycles. The summed E-state index contributed by atoms with van der Waals surface area (Å²) >= 11 is 0. The first-order chi connectivity index (χ1) is 9.83. The first-order valence-electron chi connectivity index (χ1n) is 7.06. The maximum Gasteiger partial charge on any atom is 0.389 e. The fourth-order valence-corrected chi connectivity index (χ4v) is 2.15. The maximum atomic E-state index is 13.6. The molecular formula is C15H20F5N. The zero-order chi connectivity index (χ0) is 15.9. The molecule has 1 nitrogen and oxygen atoms in total. The van der Waals surface area contributed by atoms with Crippen LogP contribution in [-0.4, -0.2) is 18.8 Å². The molecule has 0 radical (unpaired) electrons. The van der Waals surface area contributed by atoms with Gasteiger partial charge in [-0.2, -0.15) is 13.2 Å². The highest BCUT2D eigenvalue weighted by molar-refractivity contribution is 5.20. The summed E-state index contributed by atoms with van der Waals surface area (Å²) in [5.74, 6) is -1.32. The van der Waals surface area contributed by atoms with Gasteiger partial charge in [-0.1, -0.05) is 13.0 Å². The van der Waals surface area contributed by atoms with Crippen molar-refractivity contribution < 1.29 is 22.0 Å². The van der Waals surface area contributed by atoms with E-state index in [2.05, 4.69) is 5.32 Å². The Morgan fingerprint density at radius 1 is 1.14 bits per heavy atom. The number of hydrogen-bond acceptors (Lipinski definition) is 1. The van der Waals surface area contributed by atoms with E-state index in [1.54, 1.807) is 0 Å². The predicted molar refractivity (Wildman–Crippen MR) is 72.0 cm³/mol. The van der Waals surface area contributed by atoms with Crippen molar-refractivity contribution in [3.63, 3.8) is 0 Å². The van der Waals surface area contributed by atoms with Gasteiger partial charge < -0.3 is 5.32 Å². The van der Waals surface area contributed by atoms with Gasteiger partial charge in [-0.15, -0.1) is 0 Å². The van der Waals surface area contributed by atoms with Crippen LogP contribution >= 0.6 is 0 Å². The number of hydrogen-bond donors (Lipinski definition) is 1. The van der Waals surface area contributed by atoms with E-state index >= 15 is 0 Å². The van der Waals surface area contributed by atoms with Crippen molar-refractivity contribution in [1.82, 2.24) is 5.32 Å². The van der Waals surface area contributed by atoms with Crippen LogP contribution < -0.4 is 5.32 Å². The lowest BCUT2D eigenvalue weighted by molar-refractivity contribution is -0.135. The molecule has 21 heavy (non-hydrogen) atoms. The van der Waals surface area contributed by atoms with Gasteiger partial charge in [0.15, 0.2) is 0 Å². The van der Waals surface area contributed by atoms with Crippen molar-refractivity contribution in [1.29, 1.82) is 0 Å². The minimum Gasteiger partial charge on any atom is -0.314 e. The van der Waals surface area contributed by atoms with Gasteiger partial charge in [0, 0.05) is 18.0 Å². The molecule has 0 bridgehead atoms. The van der Waals surface area contributed by atoms with Gasteiger partial charge in [0.2, 0.25) is 0 Å². The zero-order valence-corrected chi connectivity index (χ0v) is 11.9. The van der Waals surface area contributed by atoms with Gasteiger partial charge in [-0.05, 0) is 44.4 Å². The average Bonchev–Trinajstić information content (AvgIpc) is 2.38. The molecule has 1 rings (SSSR count). The molecule has 0 amide bonds. The molecule has 0 aliphatic rings. The third kappa shape index (κ3) is 6.89. The first-order valence-corrected chi connectivity index (χ1v) is 7.06. The van der Waals surface area contributed by atoms with E-state index in [0.717, 1.165) is 18.6 Å². The Balaban J connectivity index is 2.65.